The van der Waals surface area contributed by atoms with Crippen molar-refractivity contribution in [2.24, 2.45) is 0 Å². The lowest BCUT2D eigenvalue weighted by molar-refractivity contribution is 0.0195. The number of ether oxygens (including phenoxy) is 2. The Morgan fingerprint density at radius 3 is 1.91 bits per heavy atom. The summed E-state index contributed by atoms with van der Waals surface area (Å²) in [6, 6.07) is 6.31. The van der Waals surface area contributed by atoms with Gasteiger partial charge in [0.2, 0.25) is 0 Å². The zero-order valence-corrected chi connectivity index (χ0v) is 16.6. The highest BCUT2D eigenvalue weighted by Crippen LogP contribution is 2.45. The molecule has 8 N–H and O–H groups in total. The molecule has 0 saturated heterocycles. The molecule has 0 unspecified atom stereocenters. The average molecular weight is 458 g/mol. The van der Waals surface area contributed by atoms with Crippen LogP contribution >= 0.6 is 0 Å². The van der Waals surface area contributed by atoms with Crippen molar-refractivity contribution in [2.75, 3.05) is 0 Å². The molecule has 1 aliphatic heterocycles. The topological polar surface area (TPSA) is 197 Å². The first-order chi connectivity index (χ1) is 15.5. The van der Waals surface area contributed by atoms with Gasteiger partial charge in [-0.1, -0.05) is 0 Å². The zero-order chi connectivity index (χ0) is 24.0. The van der Waals surface area contributed by atoms with Crippen LogP contribution in [0.2, 0.25) is 0 Å². The van der Waals surface area contributed by atoms with Crippen molar-refractivity contribution >= 4 is 5.97 Å². The van der Waals surface area contributed by atoms with E-state index in [9.17, 15) is 45.6 Å². The van der Waals surface area contributed by atoms with E-state index in [-0.39, 0.29) is 40.4 Å². The summed E-state index contributed by atoms with van der Waals surface area (Å²) in [7, 11) is 0. The first kappa shape index (κ1) is 21.7. The summed E-state index contributed by atoms with van der Waals surface area (Å²) in [5.41, 5.74) is 0.0628. The van der Waals surface area contributed by atoms with Crippen LogP contribution in [0.3, 0.4) is 0 Å². The van der Waals surface area contributed by atoms with Crippen LogP contribution < -0.4 is 9.47 Å². The Morgan fingerprint density at radius 1 is 0.788 bits per heavy atom. The highest BCUT2D eigenvalue weighted by atomic mass is 16.5. The average Bonchev–Trinajstić information content (AvgIpc) is 2.75. The summed E-state index contributed by atoms with van der Waals surface area (Å²) in [6.07, 6.45) is -2.38. The molecule has 3 aromatic carbocycles. The van der Waals surface area contributed by atoms with Gasteiger partial charge in [-0.2, -0.15) is 0 Å². The van der Waals surface area contributed by atoms with E-state index >= 15 is 0 Å². The van der Waals surface area contributed by atoms with Gasteiger partial charge in [0.1, 0.15) is 17.2 Å². The van der Waals surface area contributed by atoms with Gasteiger partial charge in [-0.3, -0.25) is 0 Å². The van der Waals surface area contributed by atoms with Gasteiger partial charge in [0.25, 0.3) is 0 Å². The second-order valence-electron chi connectivity index (χ2n) is 7.39. The number of aliphatic hydroxyl groups is 1. The van der Waals surface area contributed by atoms with Crippen LogP contribution in [0.4, 0.5) is 0 Å². The fourth-order valence-corrected chi connectivity index (χ4v) is 3.47. The van der Waals surface area contributed by atoms with E-state index in [0.717, 1.165) is 30.3 Å². The monoisotopic (exact) mass is 458 g/mol. The highest BCUT2D eigenvalue weighted by molar-refractivity contribution is 5.92. The van der Waals surface area contributed by atoms with Crippen LogP contribution in [-0.2, 0) is 6.42 Å². The molecule has 33 heavy (non-hydrogen) atoms. The van der Waals surface area contributed by atoms with E-state index < -0.39 is 52.7 Å². The smallest absolute Gasteiger partial charge is 0.343 e. The summed E-state index contributed by atoms with van der Waals surface area (Å²) >= 11 is 0. The van der Waals surface area contributed by atoms with Crippen LogP contribution in [0.25, 0.3) is 0 Å². The molecule has 0 spiro atoms. The first-order valence-electron chi connectivity index (χ1n) is 9.47. The second kappa shape index (κ2) is 7.88. The van der Waals surface area contributed by atoms with E-state index in [1.807, 2.05) is 0 Å². The normalized spacial score (nSPS) is 17.1. The number of carbonyl (C=O) groups excluding carboxylic acids is 1. The number of aromatic hydroxyl groups is 7. The molecule has 2 atom stereocenters. The number of hydrogen-bond donors (Lipinski definition) is 8. The summed E-state index contributed by atoms with van der Waals surface area (Å²) in [5, 5.41) is 78.3. The molecule has 0 radical (unpaired) electrons. The maximum Gasteiger partial charge on any atom is 0.343 e. The van der Waals surface area contributed by atoms with Crippen molar-refractivity contribution in [3.05, 3.63) is 53.1 Å². The quantitative estimate of drug-likeness (QED) is 0.162. The molecule has 0 fully saturated rings. The Balaban J connectivity index is 1.63. The summed E-state index contributed by atoms with van der Waals surface area (Å²) in [4.78, 5) is 12.4. The highest BCUT2D eigenvalue weighted by Gasteiger charge is 2.33. The van der Waals surface area contributed by atoms with Crippen molar-refractivity contribution in [1.29, 1.82) is 0 Å². The number of rotatable bonds is 3. The number of aliphatic hydroxyl groups excluding tert-OH is 1. The molecule has 0 bridgehead atoms. The molecule has 11 nitrogen and oxygen atoms in total. The fourth-order valence-electron chi connectivity index (χ4n) is 3.47. The van der Waals surface area contributed by atoms with Crippen molar-refractivity contribution in [2.45, 2.75) is 18.6 Å². The lowest BCUT2D eigenvalue weighted by Crippen LogP contribution is -2.30. The molecular formula is C22H18O11. The van der Waals surface area contributed by atoms with Gasteiger partial charge < -0.3 is 50.3 Å². The zero-order valence-electron chi connectivity index (χ0n) is 16.6. The molecule has 0 aromatic heterocycles. The van der Waals surface area contributed by atoms with Gasteiger partial charge in [-0.05, 0) is 24.3 Å². The molecule has 0 amide bonds. The predicted octanol–water partition coefficient (Wildman–Crippen LogP) is 1.88. The summed E-state index contributed by atoms with van der Waals surface area (Å²) < 4.78 is 10.9. The van der Waals surface area contributed by atoms with Gasteiger partial charge in [0.15, 0.2) is 40.6 Å². The standard InChI is InChI=1S/C22H18O11/c23-12-5-10(32-22(31)9-3-15(26)20(30)16(27)4-9)6-18-11(12)7-17(28)21(33-18)8-1-13(24)19(29)14(25)2-8/h1-6,17,21,23-30H,7H2/t17-,21+/m0/s1. The van der Waals surface area contributed by atoms with Crippen LogP contribution in [0, 0.1) is 0 Å². The molecule has 1 aliphatic rings. The van der Waals surface area contributed by atoms with Gasteiger partial charge >= 0.3 is 5.97 Å². The van der Waals surface area contributed by atoms with Crippen molar-refractivity contribution in [3.8, 4) is 51.7 Å². The Kier molecular flexibility index (Phi) is 5.18. The van der Waals surface area contributed by atoms with E-state index in [1.54, 1.807) is 0 Å². The third-order valence-electron chi connectivity index (χ3n) is 5.11. The lowest BCUT2D eigenvalue weighted by Gasteiger charge is -2.31. The Morgan fingerprint density at radius 2 is 1.33 bits per heavy atom. The molecule has 172 valence electrons. The Labute approximate surface area is 185 Å². The molecule has 11 heteroatoms. The molecule has 3 aromatic rings. The van der Waals surface area contributed by atoms with Crippen LogP contribution in [0.15, 0.2) is 36.4 Å². The van der Waals surface area contributed by atoms with Crippen molar-refractivity contribution < 1.29 is 55.1 Å². The minimum absolute atomic E-state index is 0.0385. The minimum atomic E-state index is -1.19. The number of phenolic OH excluding ortho intramolecular Hbond substituents is 7. The van der Waals surface area contributed by atoms with Gasteiger partial charge in [-0.15, -0.1) is 0 Å². The molecule has 0 aliphatic carbocycles. The SMILES string of the molecule is O=C(Oc1cc(O)c2c(c1)O[C@H](c1cc(O)c(O)c(O)c1)[C@@H](O)C2)c1cc(O)c(O)c(O)c1. The van der Waals surface area contributed by atoms with E-state index in [4.69, 9.17) is 9.47 Å². The molecular weight excluding hydrogens is 440 g/mol. The third kappa shape index (κ3) is 3.92. The first-order valence-corrected chi connectivity index (χ1v) is 9.47. The maximum atomic E-state index is 12.4. The Hall–Kier alpha value is -4.51. The van der Waals surface area contributed by atoms with E-state index in [0.29, 0.717) is 0 Å². The van der Waals surface area contributed by atoms with Crippen molar-refractivity contribution in [3.63, 3.8) is 0 Å². The predicted molar refractivity (Wildman–Crippen MR) is 109 cm³/mol. The third-order valence-corrected chi connectivity index (χ3v) is 5.11. The van der Waals surface area contributed by atoms with E-state index in [2.05, 4.69) is 0 Å². The van der Waals surface area contributed by atoms with Crippen LogP contribution in [0.1, 0.15) is 27.6 Å². The lowest BCUT2D eigenvalue weighted by atomic mass is 9.93. The van der Waals surface area contributed by atoms with Gasteiger partial charge in [-0.25, -0.2) is 4.79 Å². The summed E-state index contributed by atoms with van der Waals surface area (Å²) in [6.45, 7) is 0. The van der Waals surface area contributed by atoms with Crippen LogP contribution in [-0.4, -0.2) is 52.9 Å². The van der Waals surface area contributed by atoms with Crippen molar-refractivity contribution in [1.82, 2.24) is 0 Å². The molecule has 1 heterocycles. The fraction of sp³-hybridized carbons (Fsp3) is 0.136. The largest absolute Gasteiger partial charge is 0.507 e. The maximum absolute atomic E-state index is 12.4. The number of hydrogen-bond acceptors (Lipinski definition) is 11. The number of phenols is 7. The van der Waals surface area contributed by atoms with Gasteiger partial charge in [0.05, 0.1) is 11.7 Å². The Bertz CT molecular complexity index is 1220. The number of fused-ring (bicyclic) bond motifs is 1. The van der Waals surface area contributed by atoms with Crippen LogP contribution in [0.5, 0.6) is 51.7 Å². The van der Waals surface area contributed by atoms with Gasteiger partial charge in [0, 0.05) is 29.7 Å². The second-order valence-corrected chi connectivity index (χ2v) is 7.39. The molecule has 0 saturated carbocycles. The molecule has 4 rings (SSSR count). The van der Waals surface area contributed by atoms with E-state index in [1.165, 1.54) is 6.07 Å². The number of esters is 1. The number of carbonyl (C=O) groups is 1. The summed E-state index contributed by atoms with van der Waals surface area (Å²) in [5.74, 6) is -5.78. The number of benzene rings is 3. The minimum Gasteiger partial charge on any atom is -0.507 e.